The van der Waals surface area contributed by atoms with Crippen LogP contribution in [0.3, 0.4) is 0 Å². The maximum absolute atomic E-state index is 11.0. The van der Waals surface area contributed by atoms with E-state index in [2.05, 4.69) is 6.58 Å². The summed E-state index contributed by atoms with van der Waals surface area (Å²) in [5.74, 6) is 0. The Balaban J connectivity index is 4.97. The van der Waals surface area contributed by atoms with Gasteiger partial charge in [0.25, 0.3) is 5.24 Å². The molecule has 0 spiro atoms. The highest BCUT2D eigenvalue weighted by Gasteiger charge is 2.05. The van der Waals surface area contributed by atoms with E-state index in [1.54, 1.807) is 18.2 Å². The lowest BCUT2D eigenvalue weighted by Gasteiger charge is -1.97. The lowest BCUT2D eigenvalue weighted by Crippen LogP contribution is -2.79. The minimum Gasteiger partial charge on any atom is -0.276 e. The summed E-state index contributed by atoms with van der Waals surface area (Å²) in [6.45, 7) is 5.38. The molecule has 0 amide bonds. The van der Waals surface area contributed by atoms with Crippen molar-refractivity contribution in [3.63, 3.8) is 0 Å². The van der Waals surface area contributed by atoms with E-state index in [9.17, 15) is 4.79 Å². The van der Waals surface area contributed by atoms with Crippen LogP contribution in [0.2, 0.25) is 0 Å². The summed E-state index contributed by atoms with van der Waals surface area (Å²) in [5, 5.41) is -0.526. The molecule has 0 atom stereocenters. The van der Waals surface area contributed by atoms with Gasteiger partial charge in [-0.15, -0.1) is 0 Å². The van der Waals surface area contributed by atoms with Crippen molar-refractivity contribution in [2.45, 2.75) is 6.92 Å². The van der Waals surface area contributed by atoms with Crippen LogP contribution in [-0.4, -0.2) is 12.4 Å². The largest absolute Gasteiger partial charge is 0.276 e. The number of hydrogen-bond donors (Lipinski definition) is 1. The van der Waals surface area contributed by atoms with E-state index in [-0.39, 0.29) is 0 Å². The Morgan fingerprint density at radius 3 is 2.60 bits per heavy atom. The molecule has 0 heterocycles. The summed E-state index contributed by atoms with van der Waals surface area (Å²) < 4.78 is 0. The fraction of sp³-hybridized carbons (Fsp3) is 0.182. The fourth-order valence-corrected chi connectivity index (χ4v) is 1.04. The molecule has 4 heteroatoms. The monoisotopic (exact) mass is 228 g/mol. The molecule has 0 fully saturated rings. The third kappa shape index (κ3) is 6.01. The number of quaternary nitrogens is 1. The second kappa shape index (κ2) is 8.17. The van der Waals surface area contributed by atoms with E-state index in [4.69, 9.17) is 16.4 Å². The minimum atomic E-state index is -0.526. The summed E-state index contributed by atoms with van der Waals surface area (Å²) in [6, 6.07) is 0. The van der Waals surface area contributed by atoms with Gasteiger partial charge in [0.05, 0.1) is 7.11 Å². The van der Waals surface area contributed by atoms with Crippen molar-refractivity contribution < 1.29 is 15.1 Å². The van der Waals surface area contributed by atoms with Crippen molar-refractivity contribution in [1.82, 2.24) is 0 Å². The SMILES string of the molecule is C=C\C=C(/C=C(\C=C/C)[NH2+]OC)C(=O)Cl. The number of nitrogens with two attached hydrogens (primary N) is 1. The van der Waals surface area contributed by atoms with E-state index in [0.29, 0.717) is 5.57 Å². The van der Waals surface area contributed by atoms with Crippen molar-refractivity contribution in [2.75, 3.05) is 7.11 Å². The van der Waals surface area contributed by atoms with Gasteiger partial charge in [0.2, 0.25) is 0 Å². The number of hydrogen-bond acceptors (Lipinski definition) is 2. The predicted octanol–water partition coefficient (Wildman–Crippen LogP) is 1.45. The standard InChI is InChI=1S/C11H14ClNO2/c1-4-6-9(11(12)14)8-10(7-5-2)13-15-3/h4-8,13H,1H2,2-3H3/p+1/b7-5-,9-6+,10-8+. The second-order valence-corrected chi connectivity index (χ2v) is 2.97. The lowest BCUT2D eigenvalue weighted by atomic mass is 10.2. The number of carbonyl (C=O) groups excluding carboxylic acids is 1. The summed E-state index contributed by atoms with van der Waals surface area (Å²) in [4.78, 5) is 15.9. The maximum Gasteiger partial charge on any atom is 0.252 e. The van der Waals surface area contributed by atoms with E-state index in [0.717, 1.165) is 5.70 Å². The molecule has 0 radical (unpaired) electrons. The van der Waals surface area contributed by atoms with Gasteiger partial charge >= 0.3 is 0 Å². The third-order valence-electron chi connectivity index (χ3n) is 1.46. The second-order valence-electron chi connectivity index (χ2n) is 2.63. The van der Waals surface area contributed by atoms with Crippen LogP contribution >= 0.6 is 11.6 Å². The minimum absolute atomic E-state index is 0.369. The van der Waals surface area contributed by atoms with Gasteiger partial charge in [-0.1, -0.05) is 24.8 Å². The van der Waals surface area contributed by atoms with Crippen molar-refractivity contribution in [2.24, 2.45) is 0 Å². The van der Waals surface area contributed by atoms with Gasteiger partial charge in [-0.25, -0.2) is 4.84 Å². The molecular formula is C11H15ClNO2+. The first-order valence-electron chi connectivity index (χ1n) is 4.38. The molecule has 0 rings (SSSR count). The molecule has 0 aliphatic carbocycles. The first-order chi connectivity index (χ1) is 7.15. The Morgan fingerprint density at radius 1 is 1.53 bits per heavy atom. The quantitative estimate of drug-likeness (QED) is 0.324. The summed E-state index contributed by atoms with van der Waals surface area (Å²) in [5.41, 5.74) is 2.65. The van der Waals surface area contributed by atoms with Gasteiger partial charge in [-0.3, -0.25) is 4.79 Å². The average Bonchev–Trinajstić information content (AvgIpc) is 2.17. The van der Waals surface area contributed by atoms with Crippen molar-refractivity contribution in [1.29, 1.82) is 0 Å². The Hall–Kier alpha value is -1.16. The highest BCUT2D eigenvalue weighted by molar-refractivity contribution is 6.68. The maximum atomic E-state index is 11.0. The lowest BCUT2D eigenvalue weighted by molar-refractivity contribution is -0.852. The molecule has 0 aromatic heterocycles. The van der Waals surface area contributed by atoms with E-state index in [1.807, 2.05) is 13.0 Å². The smallest absolute Gasteiger partial charge is 0.252 e. The number of rotatable bonds is 6. The van der Waals surface area contributed by atoms with Crippen LogP contribution in [-0.2, 0) is 9.63 Å². The third-order valence-corrected chi connectivity index (χ3v) is 1.68. The van der Waals surface area contributed by atoms with Gasteiger partial charge in [0.1, 0.15) is 0 Å². The predicted molar refractivity (Wildman–Crippen MR) is 61.0 cm³/mol. The topological polar surface area (TPSA) is 42.9 Å². The molecule has 0 saturated heterocycles. The van der Waals surface area contributed by atoms with Gasteiger partial charge in [-0.2, -0.15) is 5.48 Å². The zero-order valence-electron chi connectivity index (χ0n) is 8.87. The summed E-state index contributed by atoms with van der Waals surface area (Å²) in [6.07, 6.45) is 8.32. The first-order valence-corrected chi connectivity index (χ1v) is 4.76. The molecule has 0 aromatic rings. The van der Waals surface area contributed by atoms with E-state index in [1.165, 1.54) is 18.7 Å². The molecule has 82 valence electrons. The highest BCUT2D eigenvalue weighted by Crippen LogP contribution is 2.04. The number of carbonyl (C=O) groups is 1. The van der Waals surface area contributed by atoms with Crippen molar-refractivity contribution in [3.8, 4) is 0 Å². The zero-order chi connectivity index (χ0) is 11.7. The fourth-order valence-electron chi connectivity index (χ4n) is 0.927. The van der Waals surface area contributed by atoms with Gasteiger partial charge < -0.3 is 0 Å². The van der Waals surface area contributed by atoms with E-state index < -0.39 is 5.24 Å². The van der Waals surface area contributed by atoms with E-state index >= 15 is 0 Å². The van der Waals surface area contributed by atoms with Gasteiger partial charge in [0.15, 0.2) is 5.70 Å². The number of allylic oxidation sites excluding steroid dienone is 6. The van der Waals surface area contributed by atoms with Crippen LogP contribution in [0.5, 0.6) is 0 Å². The molecular weight excluding hydrogens is 214 g/mol. The van der Waals surface area contributed by atoms with Gasteiger partial charge in [0, 0.05) is 11.6 Å². The molecule has 2 N–H and O–H groups in total. The molecule has 0 unspecified atom stereocenters. The van der Waals surface area contributed by atoms with Crippen LogP contribution in [0.25, 0.3) is 0 Å². The van der Waals surface area contributed by atoms with Gasteiger partial charge in [-0.05, 0) is 24.6 Å². The number of hydroxylamine groups is 1. The van der Waals surface area contributed by atoms with Crippen LogP contribution < -0.4 is 5.48 Å². The average molecular weight is 229 g/mol. The Bertz CT molecular complexity index is 317. The molecule has 15 heavy (non-hydrogen) atoms. The highest BCUT2D eigenvalue weighted by atomic mass is 35.5. The Kier molecular flexibility index (Phi) is 7.54. The van der Waals surface area contributed by atoms with Crippen LogP contribution in [0.4, 0.5) is 0 Å². The zero-order valence-corrected chi connectivity index (χ0v) is 9.62. The molecule has 3 nitrogen and oxygen atoms in total. The molecule has 0 aliphatic heterocycles. The molecule has 0 bridgehead atoms. The summed E-state index contributed by atoms with van der Waals surface area (Å²) >= 11 is 5.39. The number of halogens is 1. The van der Waals surface area contributed by atoms with Crippen LogP contribution in [0.15, 0.2) is 48.2 Å². The first kappa shape index (κ1) is 13.8. The Morgan fingerprint density at radius 2 is 2.20 bits per heavy atom. The van der Waals surface area contributed by atoms with Crippen molar-refractivity contribution in [3.05, 3.63) is 48.2 Å². The molecule has 0 aromatic carbocycles. The Labute approximate surface area is 94.7 Å². The van der Waals surface area contributed by atoms with Crippen molar-refractivity contribution >= 4 is 16.8 Å². The van der Waals surface area contributed by atoms with Crippen LogP contribution in [0.1, 0.15) is 6.92 Å². The summed E-state index contributed by atoms with van der Waals surface area (Å²) in [7, 11) is 1.54. The molecule has 0 saturated carbocycles. The molecule has 0 aliphatic rings. The van der Waals surface area contributed by atoms with Crippen LogP contribution in [0, 0.1) is 0 Å². The normalized spacial score (nSPS) is 13.3.